The number of hydrogen-bond donors (Lipinski definition) is 1. The molecule has 0 unspecified atom stereocenters. The van der Waals surface area contributed by atoms with Crippen LogP contribution >= 0.6 is 0 Å². The zero-order valence-electron chi connectivity index (χ0n) is 13.6. The third kappa shape index (κ3) is 3.01. The predicted molar refractivity (Wildman–Crippen MR) is 90.3 cm³/mol. The number of rotatable bonds is 3. The fourth-order valence-electron chi connectivity index (χ4n) is 2.86. The molecule has 1 aliphatic heterocycles. The van der Waals surface area contributed by atoms with Crippen molar-refractivity contribution in [1.82, 2.24) is 9.89 Å². The number of sulfonamides is 1. The van der Waals surface area contributed by atoms with E-state index < -0.39 is 21.9 Å². The number of halogens is 3. The molecule has 0 fully saturated rings. The fourth-order valence-corrected chi connectivity index (χ4v) is 3.84. The van der Waals surface area contributed by atoms with Gasteiger partial charge in [0, 0.05) is 5.57 Å². The van der Waals surface area contributed by atoms with E-state index in [1.807, 2.05) is 0 Å². The Hall–Kier alpha value is -3.01. The van der Waals surface area contributed by atoms with Crippen LogP contribution in [0.25, 0.3) is 11.8 Å². The monoisotopic (exact) mass is 395 g/mol. The van der Waals surface area contributed by atoms with Gasteiger partial charge in [-0.05, 0) is 24.6 Å². The van der Waals surface area contributed by atoms with E-state index in [0.29, 0.717) is 16.1 Å². The maximum absolute atomic E-state index is 13.4. The number of aromatic nitrogens is 2. The second-order valence-electron chi connectivity index (χ2n) is 5.81. The summed E-state index contributed by atoms with van der Waals surface area (Å²) < 4.78 is 70.6. The number of hydrogen-bond acceptors (Lipinski definition) is 4. The first kappa shape index (κ1) is 17.4. The SMILES string of the molecule is O=S(=O)(Nn1nc(C(F)(F)F)c2c1=C1CC=CC=C1OC=2)c1ccccc1. The summed E-state index contributed by atoms with van der Waals surface area (Å²) in [4.78, 5) is 2.68. The zero-order chi connectivity index (χ0) is 19.2. The Morgan fingerprint density at radius 1 is 1.19 bits per heavy atom. The van der Waals surface area contributed by atoms with Gasteiger partial charge < -0.3 is 4.74 Å². The van der Waals surface area contributed by atoms with Gasteiger partial charge >= 0.3 is 6.18 Å². The highest BCUT2D eigenvalue weighted by molar-refractivity contribution is 7.92. The lowest BCUT2D eigenvalue weighted by molar-refractivity contribution is -0.142. The van der Waals surface area contributed by atoms with Crippen molar-refractivity contribution >= 4 is 21.9 Å². The molecule has 2 aliphatic rings. The molecule has 10 heteroatoms. The third-order valence-electron chi connectivity index (χ3n) is 4.04. The molecule has 2 heterocycles. The van der Waals surface area contributed by atoms with Crippen LogP contribution in [0.4, 0.5) is 13.2 Å². The molecule has 0 saturated heterocycles. The first-order chi connectivity index (χ1) is 12.8. The molecule has 1 aromatic heterocycles. The van der Waals surface area contributed by atoms with Crippen molar-refractivity contribution in [3.05, 3.63) is 70.6 Å². The maximum Gasteiger partial charge on any atom is 0.435 e. The van der Waals surface area contributed by atoms with Gasteiger partial charge in [-0.2, -0.15) is 31.2 Å². The number of benzene rings is 1. The number of allylic oxidation sites excluding steroid dienone is 4. The summed E-state index contributed by atoms with van der Waals surface area (Å²) in [6.07, 6.45) is 1.47. The van der Waals surface area contributed by atoms with E-state index >= 15 is 0 Å². The van der Waals surface area contributed by atoms with Crippen LogP contribution in [-0.4, -0.2) is 18.3 Å². The third-order valence-corrected chi connectivity index (χ3v) is 5.35. The van der Waals surface area contributed by atoms with Gasteiger partial charge in [-0.15, -0.1) is 5.10 Å². The van der Waals surface area contributed by atoms with E-state index in [0.717, 1.165) is 6.26 Å². The predicted octanol–water partition coefficient (Wildman–Crippen LogP) is 1.60. The first-order valence-electron chi connectivity index (χ1n) is 7.79. The summed E-state index contributed by atoms with van der Waals surface area (Å²) in [5.74, 6) is 0.346. The first-order valence-corrected chi connectivity index (χ1v) is 9.27. The minimum Gasteiger partial charge on any atom is -0.464 e. The second kappa shape index (κ2) is 6.02. The lowest BCUT2D eigenvalue weighted by atomic mass is 10.0. The Labute approximate surface area is 151 Å². The largest absolute Gasteiger partial charge is 0.464 e. The average Bonchev–Trinajstić information content (AvgIpc) is 3.01. The number of nitrogens with one attached hydrogen (secondary N) is 1. The molecular weight excluding hydrogens is 383 g/mol. The van der Waals surface area contributed by atoms with Gasteiger partial charge in [-0.25, -0.2) is 0 Å². The summed E-state index contributed by atoms with van der Waals surface area (Å²) >= 11 is 0. The van der Waals surface area contributed by atoms with Crippen LogP contribution in [0.1, 0.15) is 12.1 Å². The summed E-state index contributed by atoms with van der Waals surface area (Å²) in [6.45, 7) is 0. The van der Waals surface area contributed by atoms with E-state index in [2.05, 4.69) is 9.93 Å². The van der Waals surface area contributed by atoms with E-state index in [4.69, 9.17) is 4.74 Å². The zero-order valence-corrected chi connectivity index (χ0v) is 14.4. The lowest BCUT2D eigenvalue weighted by Gasteiger charge is -2.16. The highest BCUT2D eigenvalue weighted by Crippen LogP contribution is 2.27. The second-order valence-corrected chi connectivity index (χ2v) is 7.47. The van der Waals surface area contributed by atoms with Gasteiger partial charge in [0.05, 0.1) is 10.1 Å². The summed E-state index contributed by atoms with van der Waals surface area (Å²) in [6, 6.07) is 7.32. The Kier molecular flexibility index (Phi) is 3.88. The van der Waals surface area contributed by atoms with Crippen LogP contribution in [-0.2, 0) is 20.9 Å². The molecule has 1 aromatic carbocycles. The standard InChI is InChI=1S/C17H12F3N3O3S/c18-17(19,20)16-13-10-26-14-9-5-4-8-12(14)15(13)23(21-16)22-27(24,25)11-6-2-1-3-7-11/h1-7,9-10,22H,8H2. The Bertz CT molecular complexity index is 1190. The van der Waals surface area contributed by atoms with E-state index in [-0.39, 0.29) is 21.9 Å². The van der Waals surface area contributed by atoms with Crippen LogP contribution in [0.15, 0.2) is 59.2 Å². The smallest absolute Gasteiger partial charge is 0.435 e. The molecule has 0 spiro atoms. The molecule has 4 rings (SSSR count). The molecule has 140 valence electrons. The van der Waals surface area contributed by atoms with Crippen molar-refractivity contribution in [2.24, 2.45) is 0 Å². The van der Waals surface area contributed by atoms with Gasteiger partial charge in [0.25, 0.3) is 10.0 Å². The van der Waals surface area contributed by atoms with Crippen LogP contribution in [0.2, 0.25) is 0 Å². The Morgan fingerprint density at radius 2 is 1.93 bits per heavy atom. The molecule has 6 nitrogen and oxygen atoms in total. The topological polar surface area (TPSA) is 73.2 Å². The highest BCUT2D eigenvalue weighted by Gasteiger charge is 2.38. The van der Waals surface area contributed by atoms with Crippen molar-refractivity contribution in [2.75, 3.05) is 4.83 Å². The van der Waals surface area contributed by atoms with Gasteiger partial charge in [0.1, 0.15) is 17.4 Å². The number of nitrogens with zero attached hydrogens (tertiary/aromatic N) is 2. The highest BCUT2D eigenvalue weighted by atomic mass is 32.2. The number of ether oxygens (including phenoxy) is 1. The summed E-state index contributed by atoms with van der Waals surface area (Å²) in [7, 11) is -4.14. The van der Waals surface area contributed by atoms with Gasteiger partial charge in [-0.3, -0.25) is 0 Å². The van der Waals surface area contributed by atoms with Crippen LogP contribution in [0, 0.1) is 0 Å². The fraction of sp³-hybridized carbons (Fsp3) is 0.118. The summed E-state index contributed by atoms with van der Waals surface area (Å²) in [5.41, 5.74) is -0.817. The molecule has 2 aromatic rings. The van der Waals surface area contributed by atoms with E-state index in [1.54, 1.807) is 24.3 Å². The van der Waals surface area contributed by atoms with Crippen molar-refractivity contribution in [3.63, 3.8) is 0 Å². The molecule has 1 aliphatic carbocycles. The molecule has 1 N–H and O–H groups in total. The quantitative estimate of drug-likeness (QED) is 0.857. The molecule has 27 heavy (non-hydrogen) atoms. The number of fused-ring (bicyclic) bond motifs is 2. The van der Waals surface area contributed by atoms with Gasteiger partial charge in [0.2, 0.25) is 0 Å². The van der Waals surface area contributed by atoms with E-state index in [1.165, 1.54) is 24.3 Å². The van der Waals surface area contributed by atoms with Crippen LogP contribution < -0.4 is 15.4 Å². The molecule has 0 saturated carbocycles. The summed E-state index contributed by atoms with van der Waals surface area (Å²) in [5, 5.41) is 3.17. The van der Waals surface area contributed by atoms with Crippen molar-refractivity contribution in [2.45, 2.75) is 17.5 Å². The lowest BCUT2D eigenvalue weighted by Crippen LogP contribution is -2.42. The Morgan fingerprint density at radius 3 is 2.63 bits per heavy atom. The normalized spacial score (nSPS) is 16.0. The van der Waals surface area contributed by atoms with Crippen LogP contribution in [0.5, 0.6) is 0 Å². The molecule has 0 atom stereocenters. The molecule has 0 amide bonds. The van der Waals surface area contributed by atoms with Crippen molar-refractivity contribution in [1.29, 1.82) is 0 Å². The van der Waals surface area contributed by atoms with Crippen molar-refractivity contribution < 1.29 is 26.3 Å². The molecule has 0 bridgehead atoms. The molecular formula is C17H12F3N3O3S. The minimum absolute atomic E-state index is 0.00341. The molecule has 0 radical (unpaired) electrons. The number of alkyl halides is 3. The maximum atomic E-state index is 13.4. The van der Waals surface area contributed by atoms with Crippen LogP contribution in [0.3, 0.4) is 0 Å². The Balaban J connectivity index is 1.95. The van der Waals surface area contributed by atoms with Gasteiger partial charge in [0.15, 0.2) is 5.69 Å². The van der Waals surface area contributed by atoms with E-state index in [9.17, 15) is 21.6 Å². The van der Waals surface area contributed by atoms with Gasteiger partial charge in [-0.1, -0.05) is 30.4 Å². The average molecular weight is 395 g/mol. The van der Waals surface area contributed by atoms with Crippen molar-refractivity contribution in [3.8, 4) is 0 Å². The minimum atomic E-state index is -4.78.